The molecule has 2 aromatic heterocycles. The van der Waals surface area contributed by atoms with Crippen molar-refractivity contribution in [2.45, 2.75) is 18.9 Å². The highest BCUT2D eigenvalue weighted by molar-refractivity contribution is 5.88. The van der Waals surface area contributed by atoms with Gasteiger partial charge in [0.2, 0.25) is 0 Å². The lowest BCUT2D eigenvalue weighted by Crippen LogP contribution is -2.57. The van der Waals surface area contributed by atoms with Crippen LogP contribution in [-0.2, 0) is 0 Å². The lowest BCUT2D eigenvalue weighted by atomic mass is 9.91. The molecule has 0 saturated carbocycles. The Labute approximate surface area is 167 Å². The number of nitrogens with zero attached hydrogens (tertiary/aromatic N) is 4. The Morgan fingerprint density at radius 2 is 1.97 bits per heavy atom. The fourth-order valence-electron chi connectivity index (χ4n) is 4.47. The van der Waals surface area contributed by atoms with Crippen LogP contribution in [0, 0.1) is 17.6 Å². The summed E-state index contributed by atoms with van der Waals surface area (Å²) < 4.78 is 32.0. The third-order valence-electron chi connectivity index (χ3n) is 6.02. The average molecular weight is 399 g/mol. The second-order valence-electron chi connectivity index (χ2n) is 7.93. The number of nitrogens with one attached hydrogen (secondary N) is 1. The molecule has 2 aliphatic heterocycles. The van der Waals surface area contributed by atoms with E-state index in [1.165, 1.54) is 24.4 Å². The zero-order valence-electron chi connectivity index (χ0n) is 16.0. The highest BCUT2D eigenvalue weighted by Gasteiger charge is 2.34. The largest absolute Gasteiger partial charge is 0.370 e. The minimum absolute atomic E-state index is 0.274. The zero-order valence-corrected chi connectivity index (χ0v) is 16.0. The number of fused-ring (bicyclic) bond motifs is 2. The number of anilines is 2. The maximum Gasteiger partial charge on any atom is 0.180 e. The molecule has 2 fully saturated rings. The van der Waals surface area contributed by atoms with Gasteiger partial charge < -0.3 is 14.7 Å². The van der Waals surface area contributed by atoms with Crippen LogP contribution in [0.4, 0.5) is 20.4 Å². The smallest absolute Gasteiger partial charge is 0.180 e. The standard InChI is InChI=1S/C21H23F2N5O/c22-15-2-5-19-18(9-15)21(26-29-19)28-8-7-27-12-14(1-4-17(27)13-28)10-24-20-6-3-16(23)11-25-20/h2-3,5-6,9,11,14,17H,1,4,7-8,10,12-13H2,(H,24,25). The van der Waals surface area contributed by atoms with Crippen LogP contribution in [0.3, 0.4) is 0 Å². The van der Waals surface area contributed by atoms with E-state index in [0.29, 0.717) is 23.4 Å². The molecule has 5 rings (SSSR count). The van der Waals surface area contributed by atoms with Crippen molar-refractivity contribution in [1.29, 1.82) is 0 Å². The monoisotopic (exact) mass is 399 g/mol. The second kappa shape index (κ2) is 7.59. The summed E-state index contributed by atoms with van der Waals surface area (Å²) in [5.41, 5.74) is 0.619. The Morgan fingerprint density at radius 1 is 1.07 bits per heavy atom. The third kappa shape index (κ3) is 3.76. The van der Waals surface area contributed by atoms with Gasteiger partial charge in [0.1, 0.15) is 17.5 Å². The van der Waals surface area contributed by atoms with E-state index in [0.717, 1.165) is 56.8 Å². The molecule has 6 nitrogen and oxygen atoms in total. The van der Waals surface area contributed by atoms with E-state index in [1.807, 2.05) is 0 Å². The zero-order chi connectivity index (χ0) is 19.8. The molecule has 0 radical (unpaired) electrons. The first-order chi connectivity index (χ1) is 14.2. The summed E-state index contributed by atoms with van der Waals surface area (Å²) in [5.74, 6) is 1.39. The molecular weight excluding hydrogens is 376 g/mol. The Kier molecular flexibility index (Phi) is 4.79. The number of hydrogen-bond acceptors (Lipinski definition) is 6. The van der Waals surface area contributed by atoms with Crippen molar-refractivity contribution in [2.75, 3.05) is 42.9 Å². The SMILES string of the molecule is Fc1ccc(NCC2CCC3CN(c4noc5ccc(F)cc45)CCN3C2)nc1. The summed E-state index contributed by atoms with van der Waals surface area (Å²) in [6, 6.07) is 8.08. The van der Waals surface area contributed by atoms with Crippen LogP contribution in [0.1, 0.15) is 12.8 Å². The first-order valence-electron chi connectivity index (χ1n) is 10.0. The lowest BCUT2D eigenvalue weighted by Gasteiger charge is -2.46. The number of halogens is 2. The van der Waals surface area contributed by atoms with E-state index in [9.17, 15) is 8.78 Å². The molecule has 1 N–H and O–H groups in total. The number of pyridine rings is 1. The fraction of sp³-hybridized carbons (Fsp3) is 0.429. The number of piperazine rings is 1. The van der Waals surface area contributed by atoms with Gasteiger partial charge in [0, 0.05) is 38.8 Å². The molecular formula is C21H23F2N5O. The second-order valence-corrected chi connectivity index (χ2v) is 7.93. The van der Waals surface area contributed by atoms with Crippen molar-refractivity contribution in [3.8, 4) is 0 Å². The van der Waals surface area contributed by atoms with Crippen LogP contribution in [-0.4, -0.2) is 53.8 Å². The molecule has 2 atom stereocenters. The van der Waals surface area contributed by atoms with Crippen LogP contribution in [0.2, 0.25) is 0 Å². The van der Waals surface area contributed by atoms with Gasteiger partial charge in [0.15, 0.2) is 11.4 Å². The lowest BCUT2D eigenvalue weighted by molar-refractivity contribution is 0.0994. The summed E-state index contributed by atoms with van der Waals surface area (Å²) in [7, 11) is 0. The van der Waals surface area contributed by atoms with Gasteiger partial charge in [-0.2, -0.15) is 0 Å². The molecule has 0 bridgehead atoms. The van der Waals surface area contributed by atoms with Crippen LogP contribution in [0.5, 0.6) is 0 Å². The molecule has 2 aliphatic rings. The van der Waals surface area contributed by atoms with E-state index in [2.05, 4.69) is 25.3 Å². The fourth-order valence-corrected chi connectivity index (χ4v) is 4.47. The summed E-state index contributed by atoms with van der Waals surface area (Å²) in [4.78, 5) is 8.82. The predicted octanol–water partition coefficient (Wildman–Crippen LogP) is 3.51. The van der Waals surface area contributed by atoms with Gasteiger partial charge in [-0.3, -0.25) is 4.90 Å². The Morgan fingerprint density at radius 3 is 2.83 bits per heavy atom. The van der Waals surface area contributed by atoms with E-state index in [4.69, 9.17) is 4.52 Å². The Hall–Kier alpha value is -2.74. The van der Waals surface area contributed by atoms with Gasteiger partial charge in [0.05, 0.1) is 11.6 Å². The Balaban J connectivity index is 1.20. The quantitative estimate of drug-likeness (QED) is 0.725. The minimum Gasteiger partial charge on any atom is -0.370 e. The Bertz CT molecular complexity index is 992. The van der Waals surface area contributed by atoms with E-state index >= 15 is 0 Å². The van der Waals surface area contributed by atoms with Gasteiger partial charge in [-0.15, -0.1) is 0 Å². The van der Waals surface area contributed by atoms with Crippen molar-refractivity contribution < 1.29 is 13.3 Å². The van der Waals surface area contributed by atoms with Gasteiger partial charge in [-0.25, -0.2) is 13.8 Å². The van der Waals surface area contributed by atoms with Crippen LogP contribution in [0.25, 0.3) is 11.0 Å². The van der Waals surface area contributed by atoms with Crippen LogP contribution in [0.15, 0.2) is 41.1 Å². The van der Waals surface area contributed by atoms with Crippen molar-refractivity contribution in [2.24, 2.45) is 5.92 Å². The molecule has 1 aromatic carbocycles. The molecule has 8 heteroatoms. The highest BCUT2D eigenvalue weighted by atomic mass is 19.1. The third-order valence-corrected chi connectivity index (χ3v) is 6.02. The number of piperidine rings is 1. The normalized spacial score (nSPS) is 22.6. The van der Waals surface area contributed by atoms with Crippen LogP contribution < -0.4 is 10.2 Å². The van der Waals surface area contributed by atoms with Crippen molar-refractivity contribution >= 4 is 22.6 Å². The molecule has 4 heterocycles. The first kappa shape index (κ1) is 18.3. The van der Waals surface area contributed by atoms with Gasteiger partial charge in [-0.1, -0.05) is 5.16 Å². The van der Waals surface area contributed by atoms with Gasteiger partial charge >= 0.3 is 0 Å². The van der Waals surface area contributed by atoms with Crippen molar-refractivity contribution in [3.63, 3.8) is 0 Å². The molecule has 2 unspecified atom stereocenters. The molecule has 2 saturated heterocycles. The summed E-state index contributed by atoms with van der Waals surface area (Å²) in [5, 5.41) is 8.26. The van der Waals surface area contributed by atoms with E-state index in [-0.39, 0.29) is 11.6 Å². The molecule has 0 spiro atoms. The van der Waals surface area contributed by atoms with Gasteiger partial charge in [0.25, 0.3) is 0 Å². The van der Waals surface area contributed by atoms with Crippen molar-refractivity contribution in [3.05, 3.63) is 48.2 Å². The minimum atomic E-state index is -0.323. The summed E-state index contributed by atoms with van der Waals surface area (Å²) in [6.07, 6.45) is 3.46. The summed E-state index contributed by atoms with van der Waals surface area (Å²) in [6.45, 7) is 4.52. The number of hydrogen-bond donors (Lipinski definition) is 1. The number of aromatic nitrogens is 2. The molecule has 29 heavy (non-hydrogen) atoms. The van der Waals surface area contributed by atoms with Gasteiger partial charge in [-0.05, 0) is 49.1 Å². The summed E-state index contributed by atoms with van der Waals surface area (Å²) >= 11 is 0. The van der Waals surface area contributed by atoms with E-state index < -0.39 is 0 Å². The van der Waals surface area contributed by atoms with E-state index in [1.54, 1.807) is 12.1 Å². The number of benzene rings is 1. The maximum atomic E-state index is 13.7. The van der Waals surface area contributed by atoms with Crippen molar-refractivity contribution in [1.82, 2.24) is 15.0 Å². The highest BCUT2D eigenvalue weighted by Crippen LogP contribution is 2.31. The predicted molar refractivity (Wildman–Crippen MR) is 107 cm³/mol. The topological polar surface area (TPSA) is 57.4 Å². The average Bonchev–Trinajstić information content (AvgIpc) is 3.16. The molecule has 152 valence electrons. The molecule has 0 amide bonds. The number of rotatable bonds is 4. The van der Waals surface area contributed by atoms with Crippen LogP contribution >= 0.6 is 0 Å². The first-order valence-corrected chi connectivity index (χ1v) is 10.0. The molecule has 0 aliphatic carbocycles. The molecule has 3 aromatic rings. The maximum absolute atomic E-state index is 13.7.